The minimum Gasteiger partial charge on any atom is -0.334 e. The van der Waals surface area contributed by atoms with Gasteiger partial charge in [-0.3, -0.25) is 14.9 Å². The molecule has 0 spiro atoms. The molecule has 2 aliphatic rings. The summed E-state index contributed by atoms with van der Waals surface area (Å²) < 4.78 is 0.426. The molecular formula is C25H21BrN2O3. The number of ketones is 1. The standard InChI is InChI=1S/C25H21BrN2O3/c1-25(2)12-19-23-16(8-7-15-5-3-4-6-18(15)23)14-27(24(19)22(29)13-25)17-9-10-20(26)21(11-17)28(30)31/h3-11H,12-14H2,1-2H3. The van der Waals surface area contributed by atoms with Crippen LogP contribution in [0.15, 0.2) is 64.8 Å². The van der Waals surface area contributed by atoms with Gasteiger partial charge in [-0.05, 0) is 67.4 Å². The lowest BCUT2D eigenvalue weighted by Crippen LogP contribution is -2.38. The molecule has 0 unspecified atom stereocenters. The molecule has 0 atom stereocenters. The Bertz CT molecular complexity index is 1310. The number of allylic oxidation sites excluding steroid dienone is 2. The lowest BCUT2D eigenvalue weighted by molar-refractivity contribution is -0.385. The van der Waals surface area contributed by atoms with E-state index < -0.39 is 4.92 Å². The maximum atomic E-state index is 13.4. The predicted octanol–water partition coefficient (Wildman–Crippen LogP) is 6.63. The fourth-order valence-corrected chi connectivity index (χ4v) is 5.31. The molecule has 5 nitrogen and oxygen atoms in total. The van der Waals surface area contributed by atoms with Crippen LogP contribution >= 0.6 is 15.9 Å². The average molecular weight is 477 g/mol. The Labute approximate surface area is 188 Å². The van der Waals surface area contributed by atoms with E-state index in [0.29, 0.717) is 28.8 Å². The molecule has 1 heterocycles. The van der Waals surface area contributed by atoms with Crippen LogP contribution in [0.3, 0.4) is 0 Å². The van der Waals surface area contributed by atoms with Gasteiger partial charge in [0.2, 0.25) is 0 Å². The highest BCUT2D eigenvalue weighted by Gasteiger charge is 2.40. The number of nitro groups is 1. The topological polar surface area (TPSA) is 63.5 Å². The lowest BCUT2D eigenvalue weighted by atomic mass is 9.71. The predicted molar refractivity (Wildman–Crippen MR) is 126 cm³/mol. The summed E-state index contributed by atoms with van der Waals surface area (Å²) in [5.41, 5.74) is 4.52. The van der Waals surface area contributed by atoms with Crippen molar-refractivity contribution >= 4 is 49.4 Å². The SMILES string of the molecule is CC1(C)CC(=O)C2=C(C1)c1c(ccc3ccccc13)CN2c1ccc(Br)c([N+](=O)[O-])c1. The van der Waals surface area contributed by atoms with Gasteiger partial charge in [-0.25, -0.2) is 0 Å². The molecule has 0 fully saturated rings. The van der Waals surface area contributed by atoms with Crippen molar-refractivity contribution in [3.63, 3.8) is 0 Å². The first-order chi connectivity index (χ1) is 14.7. The Morgan fingerprint density at radius 3 is 2.61 bits per heavy atom. The van der Waals surface area contributed by atoms with Crippen molar-refractivity contribution in [3.05, 3.63) is 86.0 Å². The molecule has 1 aliphatic heterocycles. The summed E-state index contributed by atoms with van der Waals surface area (Å²) in [6.45, 7) is 4.76. The van der Waals surface area contributed by atoms with Gasteiger partial charge in [0, 0.05) is 24.7 Å². The molecule has 3 aromatic rings. The number of Topliss-reactive ketones (excluding diaryl/α,β-unsaturated/α-hetero) is 1. The molecule has 5 rings (SSSR count). The van der Waals surface area contributed by atoms with E-state index in [9.17, 15) is 14.9 Å². The first-order valence-corrected chi connectivity index (χ1v) is 11.0. The van der Waals surface area contributed by atoms with Crippen molar-refractivity contribution in [1.29, 1.82) is 0 Å². The number of hydrogen-bond donors (Lipinski definition) is 0. The number of halogens is 1. The summed E-state index contributed by atoms with van der Waals surface area (Å²) in [5.74, 6) is 0.0930. The Morgan fingerprint density at radius 1 is 1.06 bits per heavy atom. The summed E-state index contributed by atoms with van der Waals surface area (Å²) in [5, 5.41) is 13.8. The third-order valence-corrected chi connectivity index (χ3v) is 6.87. The Balaban J connectivity index is 1.78. The van der Waals surface area contributed by atoms with Crippen LogP contribution < -0.4 is 4.90 Å². The van der Waals surface area contributed by atoms with Crippen molar-refractivity contribution in [2.45, 2.75) is 33.2 Å². The molecule has 0 N–H and O–H groups in total. The van der Waals surface area contributed by atoms with Gasteiger partial charge in [-0.1, -0.05) is 50.2 Å². The van der Waals surface area contributed by atoms with Crippen LogP contribution in [0.25, 0.3) is 16.3 Å². The molecule has 0 bridgehead atoms. The van der Waals surface area contributed by atoms with E-state index in [1.54, 1.807) is 12.1 Å². The van der Waals surface area contributed by atoms with E-state index in [1.807, 2.05) is 23.1 Å². The average Bonchev–Trinajstić information content (AvgIpc) is 2.72. The summed E-state index contributed by atoms with van der Waals surface area (Å²) >= 11 is 3.26. The zero-order chi connectivity index (χ0) is 21.9. The zero-order valence-electron chi connectivity index (χ0n) is 17.3. The molecule has 0 aromatic heterocycles. The van der Waals surface area contributed by atoms with Crippen LogP contribution in [0.5, 0.6) is 0 Å². The van der Waals surface area contributed by atoms with E-state index >= 15 is 0 Å². The van der Waals surface area contributed by atoms with E-state index in [1.165, 1.54) is 0 Å². The summed E-state index contributed by atoms with van der Waals surface area (Å²) in [6.07, 6.45) is 1.24. The number of benzene rings is 3. The van der Waals surface area contributed by atoms with Crippen LogP contribution in [-0.4, -0.2) is 10.7 Å². The lowest BCUT2D eigenvalue weighted by Gasteiger charge is -2.41. The van der Waals surface area contributed by atoms with Crippen molar-refractivity contribution < 1.29 is 9.72 Å². The maximum Gasteiger partial charge on any atom is 0.285 e. The van der Waals surface area contributed by atoms with Crippen molar-refractivity contribution in [1.82, 2.24) is 0 Å². The van der Waals surface area contributed by atoms with Gasteiger partial charge >= 0.3 is 0 Å². The minimum atomic E-state index is -0.403. The maximum absolute atomic E-state index is 13.4. The van der Waals surface area contributed by atoms with Gasteiger partial charge in [0.05, 0.1) is 15.1 Å². The second-order valence-corrected chi connectivity index (χ2v) is 9.92. The molecule has 1 aliphatic carbocycles. The molecule has 0 radical (unpaired) electrons. The fourth-order valence-electron chi connectivity index (χ4n) is 4.92. The first-order valence-electron chi connectivity index (χ1n) is 10.2. The van der Waals surface area contributed by atoms with Gasteiger partial charge in [0.1, 0.15) is 0 Å². The van der Waals surface area contributed by atoms with Crippen LogP contribution in [-0.2, 0) is 11.3 Å². The highest BCUT2D eigenvalue weighted by Crippen LogP contribution is 2.49. The highest BCUT2D eigenvalue weighted by atomic mass is 79.9. The number of carbonyl (C=O) groups is 1. The number of nitro benzene ring substituents is 1. The second-order valence-electron chi connectivity index (χ2n) is 9.07. The Morgan fingerprint density at radius 2 is 1.84 bits per heavy atom. The van der Waals surface area contributed by atoms with Gasteiger partial charge < -0.3 is 4.90 Å². The van der Waals surface area contributed by atoms with Gasteiger partial charge in [0.25, 0.3) is 5.69 Å². The van der Waals surface area contributed by atoms with E-state index in [2.05, 4.69) is 54.0 Å². The molecule has 156 valence electrons. The normalized spacial score (nSPS) is 17.5. The minimum absolute atomic E-state index is 0.00690. The monoisotopic (exact) mass is 476 g/mol. The molecule has 0 amide bonds. The van der Waals surface area contributed by atoms with Crippen LogP contribution in [0.2, 0.25) is 0 Å². The summed E-state index contributed by atoms with van der Waals surface area (Å²) in [7, 11) is 0. The fraction of sp³-hybridized carbons (Fsp3) is 0.240. The van der Waals surface area contributed by atoms with Crippen molar-refractivity contribution in [3.8, 4) is 0 Å². The zero-order valence-corrected chi connectivity index (χ0v) is 18.9. The molecule has 3 aromatic carbocycles. The Hall–Kier alpha value is -2.99. The van der Waals surface area contributed by atoms with E-state index in [4.69, 9.17) is 0 Å². The number of rotatable bonds is 2. The van der Waals surface area contributed by atoms with Gasteiger partial charge in [0.15, 0.2) is 5.78 Å². The largest absolute Gasteiger partial charge is 0.334 e. The first kappa shape index (κ1) is 19.9. The van der Waals surface area contributed by atoms with Crippen LogP contribution in [0.1, 0.15) is 37.8 Å². The summed E-state index contributed by atoms with van der Waals surface area (Å²) in [6, 6.07) is 17.6. The number of anilines is 1. The second kappa shape index (κ2) is 7.02. The molecule has 6 heteroatoms. The summed E-state index contributed by atoms with van der Waals surface area (Å²) in [4.78, 5) is 26.5. The third kappa shape index (κ3) is 3.26. The van der Waals surface area contributed by atoms with E-state index in [0.717, 1.165) is 33.9 Å². The highest BCUT2D eigenvalue weighted by molar-refractivity contribution is 9.10. The van der Waals surface area contributed by atoms with Gasteiger partial charge in [-0.2, -0.15) is 0 Å². The quantitative estimate of drug-likeness (QED) is 0.307. The molecule has 0 saturated carbocycles. The molecule has 31 heavy (non-hydrogen) atoms. The Kier molecular flexibility index (Phi) is 4.52. The van der Waals surface area contributed by atoms with Crippen LogP contribution in [0.4, 0.5) is 11.4 Å². The molecule has 0 saturated heterocycles. The van der Waals surface area contributed by atoms with Gasteiger partial charge in [-0.15, -0.1) is 0 Å². The van der Waals surface area contributed by atoms with Crippen molar-refractivity contribution in [2.75, 3.05) is 4.90 Å². The van der Waals surface area contributed by atoms with Crippen molar-refractivity contribution in [2.24, 2.45) is 5.41 Å². The number of nitrogens with zero attached hydrogens (tertiary/aromatic N) is 2. The van der Waals surface area contributed by atoms with Crippen LogP contribution in [0, 0.1) is 15.5 Å². The number of fused-ring (bicyclic) bond motifs is 4. The van der Waals surface area contributed by atoms with E-state index in [-0.39, 0.29) is 16.9 Å². The number of hydrogen-bond acceptors (Lipinski definition) is 4. The smallest absolute Gasteiger partial charge is 0.285 e. The number of carbonyl (C=O) groups excluding carboxylic acids is 1. The third-order valence-electron chi connectivity index (χ3n) is 6.20. The molecular weight excluding hydrogens is 456 g/mol.